The van der Waals surface area contributed by atoms with Crippen LogP contribution >= 0.6 is 0 Å². The van der Waals surface area contributed by atoms with E-state index in [1.54, 1.807) is 17.0 Å². The fourth-order valence-corrected chi connectivity index (χ4v) is 6.08. The summed E-state index contributed by atoms with van der Waals surface area (Å²) in [5, 5.41) is 4.03. The van der Waals surface area contributed by atoms with Crippen molar-refractivity contribution in [2.75, 3.05) is 11.9 Å². The fourth-order valence-electron chi connectivity index (χ4n) is 6.08. The predicted molar refractivity (Wildman–Crippen MR) is 169 cm³/mol. The first-order valence-corrected chi connectivity index (χ1v) is 14.2. The van der Waals surface area contributed by atoms with Crippen molar-refractivity contribution in [1.29, 1.82) is 0 Å². The lowest BCUT2D eigenvalue weighted by Crippen LogP contribution is -2.36. The smallest absolute Gasteiger partial charge is 0.255 e. The van der Waals surface area contributed by atoms with E-state index < -0.39 is 6.04 Å². The summed E-state index contributed by atoms with van der Waals surface area (Å²) >= 11 is 0. The summed E-state index contributed by atoms with van der Waals surface area (Å²) in [5.74, 6) is 0.971. The summed E-state index contributed by atoms with van der Waals surface area (Å²) in [7, 11) is 2.05. The Balaban J connectivity index is 1.23. The van der Waals surface area contributed by atoms with Gasteiger partial charge in [-0.05, 0) is 59.7 Å². The molecule has 7 rings (SSSR count). The third-order valence-electron chi connectivity index (χ3n) is 7.96. The number of para-hydroxylation sites is 2. The minimum absolute atomic E-state index is 0.0993. The molecule has 5 aromatic carbocycles. The number of nitrogens with one attached hydrogen (secondary N) is 1. The zero-order chi connectivity index (χ0) is 29.3. The lowest BCUT2D eigenvalue weighted by Gasteiger charge is -2.26. The zero-order valence-electron chi connectivity index (χ0n) is 23.6. The Morgan fingerprint density at radius 2 is 1.37 bits per heavy atom. The molecule has 1 unspecified atom stereocenters. The molecule has 6 aromatic rings. The van der Waals surface area contributed by atoms with Crippen molar-refractivity contribution in [2.45, 2.75) is 6.04 Å². The van der Waals surface area contributed by atoms with Crippen molar-refractivity contribution in [3.05, 3.63) is 150 Å². The summed E-state index contributed by atoms with van der Waals surface area (Å²) in [6.45, 7) is -0.0993. The Morgan fingerprint density at radius 3 is 2.14 bits per heavy atom. The van der Waals surface area contributed by atoms with Crippen molar-refractivity contribution in [3.63, 3.8) is 0 Å². The monoisotopic (exact) mass is 563 g/mol. The molecule has 0 fully saturated rings. The molecule has 0 bridgehead atoms. The van der Waals surface area contributed by atoms with Gasteiger partial charge in [-0.25, -0.2) is 0 Å². The van der Waals surface area contributed by atoms with Gasteiger partial charge in [0.05, 0.1) is 11.7 Å². The molecule has 0 radical (unpaired) electrons. The minimum Gasteiger partial charge on any atom is -0.457 e. The van der Waals surface area contributed by atoms with Crippen molar-refractivity contribution in [1.82, 2.24) is 9.47 Å². The molecular weight excluding hydrogens is 534 g/mol. The molecule has 210 valence electrons. The van der Waals surface area contributed by atoms with Gasteiger partial charge in [0.1, 0.15) is 18.0 Å². The maximum atomic E-state index is 13.9. The van der Waals surface area contributed by atoms with Gasteiger partial charge in [-0.1, -0.05) is 84.9 Å². The Labute approximate surface area is 249 Å². The van der Waals surface area contributed by atoms with Gasteiger partial charge >= 0.3 is 0 Å². The minimum atomic E-state index is -0.433. The van der Waals surface area contributed by atoms with Crippen molar-refractivity contribution in [3.8, 4) is 22.8 Å². The van der Waals surface area contributed by atoms with Crippen LogP contribution in [0.15, 0.2) is 133 Å². The summed E-state index contributed by atoms with van der Waals surface area (Å²) in [6.07, 6.45) is 0. The summed E-state index contributed by atoms with van der Waals surface area (Å²) in [5.41, 5.74) is 6.30. The molecular formula is C37H29N3O3. The SMILES string of the molecule is Cn1c(-c2ccccc2)c(C2c3ccccc3C(=O)N2CC(=O)Nc2ccc(Oc3ccccc3)cc2)c2ccccc21. The molecule has 2 amide bonds. The highest BCUT2D eigenvalue weighted by Crippen LogP contribution is 2.46. The van der Waals surface area contributed by atoms with Crippen LogP contribution in [0.1, 0.15) is 27.5 Å². The first-order chi connectivity index (χ1) is 21.1. The van der Waals surface area contributed by atoms with E-state index >= 15 is 0 Å². The predicted octanol–water partition coefficient (Wildman–Crippen LogP) is 7.82. The number of anilines is 1. The second-order valence-electron chi connectivity index (χ2n) is 10.6. The molecule has 1 aliphatic rings. The van der Waals surface area contributed by atoms with Crippen LogP contribution < -0.4 is 10.1 Å². The molecule has 1 aromatic heterocycles. The van der Waals surface area contributed by atoms with Crippen LogP contribution in [-0.4, -0.2) is 27.8 Å². The Kier molecular flexibility index (Phi) is 6.72. The average molecular weight is 564 g/mol. The van der Waals surface area contributed by atoms with E-state index in [9.17, 15) is 9.59 Å². The van der Waals surface area contributed by atoms with Crippen molar-refractivity contribution >= 4 is 28.4 Å². The summed E-state index contributed by atoms with van der Waals surface area (Å²) < 4.78 is 8.06. The molecule has 6 heteroatoms. The first-order valence-electron chi connectivity index (χ1n) is 14.2. The number of benzene rings is 5. The van der Waals surface area contributed by atoms with Crippen LogP contribution in [0.4, 0.5) is 5.69 Å². The maximum Gasteiger partial charge on any atom is 0.255 e. The van der Waals surface area contributed by atoms with Gasteiger partial charge in [-0.15, -0.1) is 0 Å². The number of hydrogen-bond donors (Lipinski definition) is 1. The third-order valence-corrected chi connectivity index (χ3v) is 7.96. The molecule has 2 heterocycles. The van der Waals surface area contributed by atoms with E-state index in [-0.39, 0.29) is 18.4 Å². The van der Waals surface area contributed by atoms with Gasteiger partial charge in [0.2, 0.25) is 5.91 Å². The van der Waals surface area contributed by atoms with Gasteiger partial charge in [-0.2, -0.15) is 0 Å². The lowest BCUT2D eigenvalue weighted by atomic mass is 9.93. The number of aryl methyl sites for hydroxylation is 1. The van der Waals surface area contributed by atoms with Gasteiger partial charge in [0.15, 0.2) is 0 Å². The molecule has 0 saturated carbocycles. The van der Waals surface area contributed by atoms with E-state index in [4.69, 9.17) is 4.74 Å². The maximum absolute atomic E-state index is 13.9. The molecule has 0 saturated heterocycles. The van der Waals surface area contributed by atoms with E-state index in [0.717, 1.165) is 39.0 Å². The Bertz CT molecular complexity index is 1950. The highest BCUT2D eigenvalue weighted by atomic mass is 16.5. The van der Waals surface area contributed by atoms with Gasteiger partial charge in [0.25, 0.3) is 5.91 Å². The Hall–Kier alpha value is -5.62. The Morgan fingerprint density at radius 1 is 0.744 bits per heavy atom. The van der Waals surface area contributed by atoms with E-state index in [1.165, 1.54) is 0 Å². The van der Waals surface area contributed by atoms with E-state index in [2.05, 4.69) is 41.2 Å². The quantitative estimate of drug-likeness (QED) is 0.215. The van der Waals surface area contributed by atoms with Gasteiger partial charge in [-0.3, -0.25) is 9.59 Å². The number of fused-ring (bicyclic) bond motifs is 2. The number of aromatic nitrogens is 1. The zero-order valence-corrected chi connectivity index (χ0v) is 23.6. The number of ether oxygens (including phenoxy) is 1. The largest absolute Gasteiger partial charge is 0.457 e. The molecule has 1 atom stereocenters. The van der Waals surface area contributed by atoms with Gasteiger partial charge in [0, 0.05) is 34.8 Å². The van der Waals surface area contributed by atoms with Crippen molar-refractivity contribution < 1.29 is 14.3 Å². The van der Waals surface area contributed by atoms with Crippen LogP contribution in [0.2, 0.25) is 0 Å². The number of hydrogen-bond acceptors (Lipinski definition) is 3. The van der Waals surface area contributed by atoms with Gasteiger partial charge < -0.3 is 19.5 Å². The first kappa shape index (κ1) is 26.3. The van der Waals surface area contributed by atoms with Crippen LogP contribution in [0.25, 0.3) is 22.2 Å². The summed E-state index contributed by atoms with van der Waals surface area (Å²) in [4.78, 5) is 29.1. The standard InChI is InChI=1S/C37H29N3O3/c1-39-32-19-11-10-18-31(32)34(35(39)25-12-4-2-5-13-25)36-29-16-8-9-17-30(29)37(42)40(36)24-33(41)38-26-20-22-28(23-21-26)43-27-14-6-3-7-15-27/h2-23,36H,24H2,1H3,(H,38,41). The number of nitrogens with zero attached hydrogens (tertiary/aromatic N) is 2. The number of amides is 2. The molecule has 0 spiro atoms. The van der Waals surface area contributed by atoms with Crippen LogP contribution in [0.3, 0.4) is 0 Å². The molecule has 6 nitrogen and oxygen atoms in total. The molecule has 1 aliphatic heterocycles. The topological polar surface area (TPSA) is 63.6 Å². The molecule has 1 N–H and O–H groups in total. The van der Waals surface area contributed by atoms with Crippen LogP contribution in [0.5, 0.6) is 11.5 Å². The third kappa shape index (κ3) is 4.83. The van der Waals surface area contributed by atoms with Crippen molar-refractivity contribution in [2.24, 2.45) is 7.05 Å². The molecule has 43 heavy (non-hydrogen) atoms. The average Bonchev–Trinajstić information content (AvgIpc) is 3.49. The lowest BCUT2D eigenvalue weighted by molar-refractivity contribution is -0.117. The highest BCUT2D eigenvalue weighted by molar-refractivity contribution is 6.05. The number of carbonyl (C=O) groups excluding carboxylic acids is 2. The second kappa shape index (κ2) is 11.0. The van der Waals surface area contributed by atoms with Crippen LogP contribution in [-0.2, 0) is 11.8 Å². The van der Waals surface area contributed by atoms with E-state index in [1.807, 2.05) is 97.1 Å². The van der Waals surface area contributed by atoms with Crippen LogP contribution in [0, 0.1) is 0 Å². The second-order valence-corrected chi connectivity index (χ2v) is 10.6. The fraction of sp³-hybridized carbons (Fsp3) is 0.0811. The number of rotatable bonds is 7. The highest BCUT2D eigenvalue weighted by Gasteiger charge is 2.41. The number of carbonyl (C=O) groups is 2. The summed E-state index contributed by atoms with van der Waals surface area (Å²) in [6, 6.07) is 42.4. The van der Waals surface area contributed by atoms with E-state index in [0.29, 0.717) is 17.0 Å². The normalized spacial score (nSPS) is 14.1. The molecule has 0 aliphatic carbocycles.